The van der Waals surface area contributed by atoms with Crippen molar-refractivity contribution in [3.63, 3.8) is 0 Å². The summed E-state index contributed by atoms with van der Waals surface area (Å²) in [5, 5.41) is 0. The van der Waals surface area contributed by atoms with Gasteiger partial charge in [0.15, 0.2) is 0 Å². The van der Waals surface area contributed by atoms with Crippen molar-refractivity contribution in [2.75, 3.05) is 0 Å². The van der Waals surface area contributed by atoms with Crippen molar-refractivity contribution in [1.29, 1.82) is 0 Å². The first-order valence-corrected chi connectivity index (χ1v) is 9.34. The fourth-order valence-electron chi connectivity index (χ4n) is 2.39. The molecule has 1 aromatic heterocycles. The number of alkyl halides is 6. The van der Waals surface area contributed by atoms with Gasteiger partial charge >= 0.3 is 12.4 Å². The normalized spacial score (nSPS) is 15.3. The molecular formula is C18H17F7N2OS. The topological polar surface area (TPSA) is 48.0 Å². The highest BCUT2D eigenvalue weighted by Crippen LogP contribution is 2.38. The maximum absolute atomic E-state index is 14.1. The Labute approximate surface area is 165 Å². The molecule has 0 fully saturated rings. The molecule has 1 heterocycles. The van der Waals surface area contributed by atoms with Crippen molar-refractivity contribution in [2.24, 2.45) is 0 Å². The van der Waals surface area contributed by atoms with Crippen molar-refractivity contribution in [1.82, 2.24) is 9.71 Å². The van der Waals surface area contributed by atoms with Gasteiger partial charge in [-0.2, -0.15) is 26.3 Å². The van der Waals surface area contributed by atoms with Crippen LogP contribution in [0.3, 0.4) is 0 Å². The maximum Gasteiger partial charge on any atom is 0.419 e. The number of pyridine rings is 1. The molecule has 0 spiro atoms. The van der Waals surface area contributed by atoms with Crippen LogP contribution in [-0.4, -0.2) is 14.3 Å². The number of benzene rings is 1. The summed E-state index contributed by atoms with van der Waals surface area (Å²) in [5.74, 6) is -1.66. The van der Waals surface area contributed by atoms with E-state index in [9.17, 15) is 35.3 Å². The number of rotatable bonds is 4. The minimum atomic E-state index is -4.97. The van der Waals surface area contributed by atoms with Crippen LogP contribution in [0, 0.1) is 5.82 Å². The number of nitrogens with zero attached hydrogens (tertiary/aromatic N) is 1. The number of halogens is 7. The second-order valence-corrected chi connectivity index (χ2v) is 9.10. The molecule has 2 atom stereocenters. The lowest BCUT2D eigenvalue weighted by Gasteiger charge is -2.29. The molecule has 29 heavy (non-hydrogen) atoms. The van der Waals surface area contributed by atoms with E-state index in [4.69, 9.17) is 0 Å². The fraction of sp³-hybridized carbons (Fsp3) is 0.389. The number of aromatic nitrogens is 1. The molecule has 1 N–H and O–H groups in total. The van der Waals surface area contributed by atoms with Crippen LogP contribution in [0.15, 0.2) is 36.5 Å². The number of nitrogens with one attached hydrogen (secondary N) is 1. The van der Waals surface area contributed by atoms with Crippen molar-refractivity contribution in [3.05, 3.63) is 64.7 Å². The number of hydrogen-bond acceptors (Lipinski definition) is 3. The van der Waals surface area contributed by atoms with E-state index in [1.807, 2.05) is 0 Å². The summed E-state index contributed by atoms with van der Waals surface area (Å²) in [6.07, 6.45) is -8.75. The Balaban J connectivity index is 2.64. The van der Waals surface area contributed by atoms with E-state index in [2.05, 4.69) is 9.71 Å². The molecule has 0 amide bonds. The van der Waals surface area contributed by atoms with E-state index in [0.29, 0.717) is 12.1 Å². The summed E-state index contributed by atoms with van der Waals surface area (Å²) < 4.78 is 107. The summed E-state index contributed by atoms with van der Waals surface area (Å²) in [6.45, 7) is 4.64. The van der Waals surface area contributed by atoms with Gasteiger partial charge in [0.2, 0.25) is 0 Å². The number of hydrogen-bond donors (Lipinski definition) is 1. The van der Waals surface area contributed by atoms with E-state index < -0.39 is 57.1 Å². The molecule has 0 saturated carbocycles. The summed E-state index contributed by atoms with van der Waals surface area (Å²) in [5.41, 5.74) is -3.65. The monoisotopic (exact) mass is 442 g/mol. The molecule has 0 aliphatic carbocycles. The lowest BCUT2D eigenvalue weighted by Crippen LogP contribution is -2.42. The fourth-order valence-corrected chi connectivity index (χ4v) is 3.21. The van der Waals surface area contributed by atoms with Gasteiger partial charge in [0, 0.05) is 17.6 Å². The van der Waals surface area contributed by atoms with E-state index >= 15 is 0 Å². The largest absolute Gasteiger partial charge is 0.598 e. The lowest BCUT2D eigenvalue weighted by molar-refractivity contribution is -0.140. The molecule has 3 nitrogen and oxygen atoms in total. The molecular weight excluding hydrogens is 425 g/mol. The maximum atomic E-state index is 14.1. The third kappa shape index (κ3) is 5.61. The highest BCUT2D eigenvalue weighted by Gasteiger charge is 2.40. The van der Waals surface area contributed by atoms with Gasteiger partial charge in [-0.25, -0.2) is 4.39 Å². The zero-order chi connectivity index (χ0) is 22.2. The minimum Gasteiger partial charge on any atom is -0.598 e. The van der Waals surface area contributed by atoms with Crippen LogP contribution in [-0.2, 0) is 23.7 Å². The van der Waals surface area contributed by atoms with Crippen LogP contribution in [0.4, 0.5) is 30.7 Å². The van der Waals surface area contributed by atoms with E-state index in [1.54, 1.807) is 20.8 Å². The molecule has 2 aromatic rings. The molecule has 0 aliphatic heterocycles. The summed E-state index contributed by atoms with van der Waals surface area (Å²) >= 11 is -1.93. The standard InChI is InChI=1S/C18H17F7N2OS/c1-16(2,3)29(28)27-14(15-12(18(23,24)25)5-4-8-26-15)10-6-7-11(13(19)9-10)17(20,21)22/h4-9,14,27H,1-3H3. The van der Waals surface area contributed by atoms with E-state index in [0.717, 1.165) is 24.4 Å². The molecule has 2 unspecified atom stereocenters. The van der Waals surface area contributed by atoms with Crippen molar-refractivity contribution in [3.8, 4) is 0 Å². The first-order chi connectivity index (χ1) is 13.1. The summed E-state index contributed by atoms with van der Waals surface area (Å²) in [7, 11) is 0. The first-order valence-electron chi connectivity index (χ1n) is 8.19. The quantitative estimate of drug-likeness (QED) is 0.510. The van der Waals surface area contributed by atoms with Crippen LogP contribution in [0.25, 0.3) is 0 Å². The van der Waals surface area contributed by atoms with Crippen LogP contribution in [0.1, 0.15) is 49.2 Å². The zero-order valence-electron chi connectivity index (χ0n) is 15.5. The predicted molar refractivity (Wildman–Crippen MR) is 93.5 cm³/mol. The smallest absolute Gasteiger partial charge is 0.419 e. The van der Waals surface area contributed by atoms with Crippen LogP contribution in [0.2, 0.25) is 0 Å². The molecule has 0 aliphatic rings. The third-order valence-corrected chi connectivity index (χ3v) is 5.39. The van der Waals surface area contributed by atoms with Crippen LogP contribution in [0.5, 0.6) is 0 Å². The molecule has 2 rings (SSSR count). The van der Waals surface area contributed by atoms with E-state index in [1.165, 1.54) is 0 Å². The molecule has 0 radical (unpaired) electrons. The molecule has 160 valence electrons. The van der Waals surface area contributed by atoms with Crippen molar-refractivity contribution >= 4 is 11.4 Å². The van der Waals surface area contributed by atoms with Crippen LogP contribution >= 0.6 is 0 Å². The summed E-state index contributed by atoms with van der Waals surface area (Å²) in [6, 6.07) is 1.93. The van der Waals surface area contributed by atoms with Crippen LogP contribution < -0.4 is 4.72 Å². The van der Waals surface area contributed by atoms with Gasteiger partial charge in [-0.15, -0.1) is 4.72 Å². The second-order valence-electron chi connectivity index (χ2n) is 7.10. The van der Waals surface area contributed by atoms with Crippen molar-refractivity contribution < 1.29 is 35.3 Å². The Hall–Kier alpha value is -1.85. The van der Waals surface area contributed by atoms with Gasteiger partial charge < -0.3 is 4.55 Å². The van der Waals surface area contributed by atoms with Gasteiger partial charge in [0.05, 0.1) is 16.8 Å². The Morgan fingerprint density at radius 2 is 1.55 bits per heavy atom. The highest BCUT2D eigenvalue weighted by molar-refractivity contribution is 7.90. The average Bonchev–Trinajstić information content (AvgIpc) is 2.56. The first kappa shape index (κ1) is 23.4. The zero-order valence-corrected chi connectivity index (χ0v) is 16.3. The lowest BCUT2D eigenvalue weighted by atomic mass is 9.98. The molecule has 1 aromatic carbocycles. The Kier molecular flexibility index (Phi) is 6.56. The summed E-state index contributed by atoms with van der Waals surface area (Å²) in [4.78, 5) is 3.70. The molecule has 0 saturated heterocycles. The average molecular weight is 442 g/mol. The van der Waals surface area contributed by atoms with Crippen molar-refractivity contribution in [2.45, 2.75) is 43.9 Å². The molecule has 11 heteroatoms. The Morgan fingerprint density at radius 1 is 0.966 bits per heavy atom. The van der Waals surface area contributed by atoms with Gasteiger partial charge in [-0.3, -0.25) is 4.98 Å². The molecule has 0 bridgehead atoms. The minimum absolute atomic E-state index is 0.280. The second kappa shape index (κ2) is 8.11. The van der Waals surface area contributed by atoms with Gasteiger partial charge in [-0.05, 0) is 50.6 Å². The van der Waals surface area contributed by atoms with Gasteiger partial charge in [0.25, 0.3) is 0 Å². The highest BCUT2D eigenvalue weighted by atomic mass is 32.2. The predicted octanol–water partition coefficient (Wildman–Crippen LogP) is 5.40. The Bertz CT molecular complexity index is 863. The van der Waals surface area contributed by atoms with E-state index in [-0.39, 0.29) is 5.56 Å². The Morgan fingerprint density at radius 3 is 2.03 bits per heavy atom. The third-order valence-electron chi connectivity index (χ3n) is 3.83. The van der Waals surface area contributed by atoms with Gasteiger partial charge in [0.1, 0.15) is 16.6 Å². The SMILES string of the molecule is CC(C)(C)[S+]([O-])NC(c1ccc(C(F)(F)F)c(F)c1)c1ncccc1C(F)(F)F. The van der Waals surface area contributed by atoms with Gasteiger partial charge in [-0.1, -0.05) is 6.07 Å².